The van der Waals surface area contributed by atoms with Crippen molar-refractivity contribution < 1.29 is 4.74 Å². The van der Waals surface area contributed by atoms with E-state index in [2.05, 4.69) is 24.4 Å². The van der Waals surface area contributed by atoms with Gasteiger partial charge in [-0.2, -0.15) is 0 Å². The van der Waals surface area contributed by atoms with Crippen LogP contribution in [0.5, 0.6) is 11.5 Å². The maximum atomic E-state index is 6.01. The van der Waals surface area contributed by atoms with Crippen LogP contribution in [0, 0.1) is 0 Å². The molecule has 1 N–H and O–H groups in total. The maximum Gasteiger partial charge on any atom is 0.132 e. The monoisotopic (exact) mass is 275 g/mol. The molecule has 2 aromatic carbocycles. The predicted octanol–water partition coefficient (Wildman–Crippen LogP) is 4.41. The van der Waals surface area contributed by atoms with Crippen LogP contribution < -0.4 is 10.1 Å². The fraction of sp³-hybridized carbons (Fsp3) is 0.250. The largest absolute Gasteiger partial charge is 0.457 e. The van der Waals surface area contributed by atoms with Gasteiger partial charge in [0, 0.05) is 17.1 Å². The molecular weight excluding hydrogens is 258 g/mol. The molecule has 0 aliphatic heterocycles. The predicted molar refractivity (Wildman–Crippen MR) is 80.1 cm³/mol. The normalized spacial score (nSPS) is 10.5. The summed E-state index contributed by atoms with van der Waals surface area (Å²) in [5.41, 5.74) is 2.36. The zero-order valence-electron chi connectivity index (χ0n) is 11.2. The van der Waals surface area contributed by atoms with Gasteiger partial charge in [0.1, 0.15) is 11.5 Å². The first kappa shape index (κ1) is 13.9. The van der Waals surface area contributed by atoms with E-state index in [0.717, 1.165) is 35.1 Å². The molecular formula is C16H18ClNO. The first-order valence-electron chi connectivity index (χ1n) is 6.42. The Labute approximate surface area is 119 Å². The molecule has 100 valence electrons. The lowest BCUT2D eigenvalue weighted by atomic mass is 10.1. The van der Waals surface area contributed by atoms with E-state index in [1.54, 1.807) is 0 Å². The molecule has 2 rings (SSSR count). The topological polar surface area (TPSA) is 21.3 Å². The van der Waals surface area contributed by atoms with Gasteiger partial charge in [-0.25, -0.2) is 0 Å². The van der Waals surface area contributed by atoms with Gasteiger partial charge in [-0.15, -0.1) is 0 Å². The molecule has 0 amide bonds. The van der Waals surface area contributed by atoms with Crippen LogP contribution in [-0.4, -0.2) is 7.05 Å². The molecule has 0 aromatic heterocycles. The average Bonchev–Trinajstić information content (AvgIpc) is 2.43. The van der Waals surface area contributed by atoms with E-state index in [-0.39, 0.29) is 0 Å². The van der Waals surface area contributed by atoms with Gasteiger partial charge >= 0.3 is 0 Å². The van der Waals surface area contributed by atoms with Crippen LogP contribution >= 0.6 is 11.6 Å². The molecule has 0 atom stereocenters. The second-order valence-corrected chi connectivity index (χ2v) is 4.82. The maximum absolute atomic E-state index is 6.01. The van der Waals surface area contributed by atoms with Crippen molar-refractivity contribution in [3.8, 4) is 11.5 Å². The summed E-state index contributed by atoms with van der Waals surface area (Å²) in [4.78, 5) is 0. The lowest BCUT2D eigenvalue weighted by Gasteiger charge is -2.11. The van der Waals surface area contributed by atoms with Gasteiger partial charge in [-0.3, -0.25) is 0 Å². The highest BCUT2D eigenvalue weighted by Gasteiger charge is 2.05. The van der Waals surface area contributed by atoms with Crippen LogP contribution in [0.15, 0.2) is 42.5 Å². The molecule has 19 heavy (non-hydrogen) atoms. The summed E-state index contributed by atoms with van der Waals surface area (Å²) in [5.74, 6) is 1.68. The van der Waals surface area contributed by atoms with Gasteiger partial charge in [0.25, 0.3) is 0 Å². The smallest absolute Gasteiger partial charge is 0.132 e. The fourth-order valence-corrected chi connectivity index (χ4v) is 2.09. The Kier molecular flexibility index (Phi) is 4.83. The zero-order chi connectivity index (χ0) is 13.7. The quantitative estimate of drug-likeness (QED) is 0.872. The van der Waals surface area contributed by atoms with Gasteiger partial charge in [0.2, 0.25) is 0 Å². The molecule has 0 saturated heterocycles. The number of benzene rings is 2. The van der Waals surface area contributed by atoms with E-state index >= 15 is 0 Å². The van der Waals surface area contributed by atoms with Crippen LogP contribution in [0.2, 0.25) is 5.02 Å². The van der Waals surface area contributed by atoms with Crippen molar-refractivity contribution in [2.75, 3.05) is 7.05 Å². The molecule has 0 saturated carbocycles. The van der Waals surface area contributed by atoms with Crippen LogP contribution in [0.1, 0.15) is 18.1 Å². The highest BCUT2D eigenvalue weighted by atomic mass is 35.5. The minimum atomic E-state index is 0.721. The lowest BCUT2D eigenvalue weighted by molar-refractivity contribution is 0.474. The molecule has 3 heteroatoms. The van der Waals surface area contributed by atoms with Crippen molar-refractivity contribution in [2.24, 2.45) is 0 Å². The highest BCUT2D eigenvalue weighted by molar-refractivity contribution is 6.30. The van der Waals surface area contributed by atoms with Gasteiger partial charge in [0.15, 0.2) is 0 Å². The third kappa shape index (κ3) is 3.72. The standard InChI is InChI=1S/C16H18ClNO/c1-3-12-4-7-15(8-5-12)19-16-9-6-14(17)10-13(16)11-18-2/h4-10,18H,3,11H2,1-2H3. The molecule has 0 radical (unpaired) electrons. The summed E-state index contributed by atoms with van der Waals surface area (Å²) >= 11 is 6.01. The Balaban J connectivity index is 2.21. The molecule has 0 aliphatic rings. The minimum Gasteiger partial charge on any atom is -0.457 e. The first-order chi connectivity index (χ1) is 9.22. The summed E-state index contributed by atoms with van der Waals surface area (Å²) in [6.07, 6.45) is 1.03. The Morgan fingerprint density at radius 1 is 1.11 bits per heavy atom. The average molecular weight is 276 g/mol. The molecule has 0 bridgehead atoms. The number of hydrogen-bond donors (Lipinski definition) is 1. The molecule has 0 unspecified atom stereocenters. The first-order valence-corrected chi connectivity index (χ1v) is 6.80. The molecule has 2 nitrogen and oxygen atoms in total. The van der Waals surface area contributed by atoms with E-state index in [1.807, 2.05) is 37.4 Å². The number of nitrogens with one attached hydrogen (secondary N) is 1. The van der Waals surface area contributed by atoms with Crippen LogP contribution in [0.3, 0.4) is 0 Å². The Morgan fingerprint density at radius 3 is 2.47 bits per heavy atom. The zero-order valence-corrected chi connectivity index (χ0v) is 12.0. The number of halogens is 1. The summed E-state index contributed by atoms with van der Waals surface area (Å²) in [6.45, 7) is 2.86. The third-order valence-electron chi connectivity index (χ3n) is 2.95. The van der Waals surface area contributed by atoms with Crippen molar-refractivity contribution in [1.82, 2.24) is 5.32 Å². The number of hydrogen-bond acceptors (Lipinski definition) is 2. The number of ether oxygens (including phenoxy) is 1. The molecule has 0 heterocycles. The minimum absolute atomic E-state index is 0.721. The van der Waals surface area contributed by atoms with Gasteiger partial charge in [-0.05, 0) is 49.4 Å². The van der Waals surface area contributed by atoms with Crippen LogP contribution in [-0.2, 0) is 13.0 Å². The van der Waals surface area contributed by atoms with Gasteiger partial charge in [-0.1, -0.05) is 30.7 Å². The Morgan fingerprint density at radius 2 is 1.84 bits per heavy atom. The summed E-state index contributed by atoms with van der Waals surface area (Å²) < 4.78 is 5.92. The van der Waals surface area contributed by atoms with E-state index in [4.69, 9.17) is 16.3 Å². The molecule has 0 fully saturated rings. The van der Waals surface area contributed by atoms with Crippen molar-refractivity contribution >= 4 is 11.6 Å². The van der Waals surface area contributed by atoms with Crippen LogP contribution in [0.4, 0.5) is 0 Å². The van der Waals surface area contributed by atoms with E-state index in [0.29, 0.717) is 0 Å². The second kappa shape index (κ2) is 6.60. The van der Waals surface area contributed by atoms with Gasteiger partial charge < -0.3 is 10.1 Å². The Bertz CT molecular complexity index is 537. The summed E-state index contributed by atoms with van der Waals surface area (Å²) in [5, 5.41) is 3.84. The van der Waals surface area contributed by atoms with Crippen molar-refractivity contribution in [3.05, 3.63) is 58.6 Å². The number of rotatable bonds is 5. The molecule has 2 aromatic rings. The van der Waals surface area contributed by atoms with Crippen molar-refractivity contribution in [1.29, 1.82) is 0 Å². The van der Waals surface area contributed by atoms with Crippen LogP contribution in [0.25, 0.3) is 0 Å². The SMILES string of the molecule is CCc1ccc(Oc2ccc(Cl)cc2CNC)cc1. The molecule has 0 spiro atoms. The summed E-state index contributed by atoms with van der Waals surface area (Å²) in [7, 11) is 1.90. The second-order valence-electron chi connectivity index (χ2n) is 4.38. The van der Waals surface area contributed by atoms with E-state index in [9.17, 15) is 0 Å². The number of aryl methyl sites for hydroxylation is 1. The summed E-state index contributed by atoms with van der Waals surface area (Å²) in [6, 6.07) is 13.8. The third-order valence-corrected chi connectivity index (χ3v) is 3.18. The molecule has 0 aliphatic carbocycles. The fourth-order valence-electron chi connectivity index (χ4n) is 1.90. The highest BCUT2D eigenvalue weighted by Crippen LogP contribution is 2.28. The lowest BCUT2D eigenvalue weighted by Crippen LogP contribution is -2.06. The van der Waals surface area contributed by atoms with Gasteiger partial charge in [0.05, 0.1) is 0 Å². The Hall–Kier alpha value is -1.51. The van der Waals surface area contributed by atoms with Crippen molar-refractivity contribution in [3.63, 3.8) is 0 Å². The van der Waals surface area contributed by atoms with Crippen molar-refractivity contribution in [2.45, 2.75) is 19.9 Å². The van der Waals surface area contributed by atoms with E-state index in [1.165, 1.54) is 5.56 Å². The van der Waals surface area contributed by atoms with E-state index < -0.39 is 0 Å².